The number of hydrogen-bond acceptors (Lipinski definition) is 5. The van der Waals surface area contributed by atoms with Crippen LogP contribution < -0.4 is 21.4 Å². The number of anilines is 1. The molecule has 1 heterocycles. The maximum absolute atomic E-state index is 15.1. The van der Waals surface area contributed by atoms with Gasteiger partial charge in [-0.1, -0.05) is 19.9 Å². The number of carbonyl (C=O) groups excluding carboxylic acids is 3. The highest BCUT2D eigenvalue weighted by Crippen LogP contribution is 2.66. The summed E-state index contributed by atoms with van der Waals surface area (Å²) < 4.78 is 15.1. The molecule has 5 N–H and O–H groups in total. The van der Waals surface area contributed by atoms with Crippen molar-refractivity contribution in [2.45, 2.75) is 96.6 Å². The van der Waals surface area contributed by atoms with Gasteiger partial charge in [0, 0.05) is 31.6 Å². The number of hydrogen-bond donors (Lipinski definition) is 5. The molecule has 0 radical (unpaired) electrons. The fourth-order valence-electron chi connectivity index (χ4n) is 9.23. The largest absolute Gasteiger partial charge is 0.356 e. The quantitative estimate of drug-likeness (QED) is 0.158. The number of piperidine rings is 1. The molecule has 4 bridgehead atoms. The molecular weight excluding hydrogens is 525 g/mol. The van der Waals surface area contributed by atoms with Crippen LogP contribution in [-0.4, -0.2) is 53.1 Å². The van der Waals surface area contributed by atoms with E-state index in [1.54, 1.807) is 11.5 Å². The maximum atomic E-state index is 15.1. The molecule has 1 saturated heterocycles. The summed E-state index contributed by atoms with van der Waals surface area (Å²) in [6, 6.07) is 4.64. The molecule has 5 aliphatic rings. The number of nitrogens with zero attached hydrogens (tertiary/aromatic N) is 1. The third-order valence-corrected chi connectivity index (χ3v) is 9.82. The first kappa shape index (κ1) is 29.8. The molecule has 1 aliphatic heterocycles. The minimum Gasteiger partial charge on any atom is -0.356 e. The Bertz CT molecular complexity index is 1140. The van der Waals surface area contributed by atoms with E-state index in [9.17, 15) is 14.4 Å². The summed E-state index contributed by atoms with van der Waals surface area (Å²) in [6.07, 6.45) is 9.91. The van der Waals surface area contributed by atoms with Gasteiger partial charge in [0.25, 0.3) is 0 Å². The van der Waals surface area contributed by atoms with Crippen LogP contribution in [-0.2, 0) is 16.1 Å². The lowest BCUT2D eigenvalue weighted by Crippen LogP contribution is -2.65. The van der Waals surface area contributed by atoms with Gasteiger partial charge in [0.2, 0.25) is 11.8 Å². The predicted molar refractivity (Wildman–Crippen MR) is 153 cm³/mol. The summed E-state index contributed by atoms with van der Waals surface area (Å²) in [5, 5.41) is 17.5. The Morgan fingerprint density at radius 1 is 1.07 bits per heavy atom. The molecule has 1 aromatic carbocycles. The van der Waals surface area contributed by atoms with Gasteiger partial charge in [-0.2, -0.15) is 0 Å². The van der Waals surface area contributed by atoms with Gasteiger partial charge in [0.15, 0.2) is 0 Å². The number of amides is 4. The van der Waals surface area contributed by atoms with Crippen molar-refractivity contribution in [1.29, 1.82) is 0 Å². The topological polar surface area (TPSA) is 123 Å². The van der Waals surface area contributed by atoms with Gasteiger partial charge >= 0.3 is 6.03 Å². The number of likely N-dealkylation sites (tertiary alicyclic amines) is 1. The van der Waals surface area contributed by atoms with Gasteiger partial charge in [-0.25, -0.2) is 14.7 Å². The van der Waals surface area contributed by atoms with Gasteiger partial charge in [0.1, 0.15) is 5.82 Å². The zero-order valence-corrected chi connectivity index (χ0v) is 24.5. The molecule has 4 saturated carbocycles. The normalized spacial score (nSPS) is 32.4. The highest BCUT2D eigenvalue weighted by molar-refractivity contribution is 5.90. The second kappa shape index (κ2) is 11.9. The van der Waals surface area contributed by atoms with Crippen molar-refractivity contribution in [2.24, 2.45) is 22.7 Å². The van der Waals surface area contributed by atoms with Crippen LogP contribution in [0.5, 0.6) is 0 Å². The van der Waals surface area contributed by atoms with Gasteiger partial charge in [0.05, 0.1) is 11.6 Å². The van der Waals surface area contributed by atoms with E-state index in [0.29, 0.717) is 38.4 Å². The Morgan fingerprint density at radius 2 is 1.83 bits per heavy atom. The Balaban J connectivity index is 1.09. The molecule has 2 unspecified atom stereocenters. The summed E-state index contributed by atoms with van der Waals surface area (Å²) in [5.74, 6) is -0.356. The summed E-state index contributed by atoms with van der Waals surface area (Å²) in [4.78, 5) is 38.9. The number of halogens is 1. The molecular formula is C31H46FN5O4. The van der Waals surface area contributed by atoms with Crippen LogP contribution >= 0.6 is 0 Å². The Hall–Kier alpha value is -2.72. The molecule has 5 atom stereocenters. The van der Waals surface area contributed by atoms with Crippen molar-refractivity contribution >= 4 is 23.5 Å². The van der Waals surface area contributed by atoms with E-state index in [1.165, 1.54) is 25.3 Å². The van der Waals surface area contributed by atoms with E-state index in [-0.39, 0.29) is 46.3 Å². The van der Waals surface area contributed by atoms with Crippen molar-refractivity contribution in [2.75, 3.05) is 25.0 Å². The average Bonchev–Trinajstić information content (AvgIpc) is 2.87. The number of unbranched alkanes of at least 4 members (excludes halogenated alkanes) is 1. The van der Waals surface area contributed by atoms with Crippen molar-refractivity contribution in [1.82, 2.24) is 21.0 Å². The van der Waals surface area contributed by atoms with Gasteiger partial charge in [-0.3, -0.25) is 19.7 Å². The van der Waals surface area contributed by atoms with Crippen LogP contribution in [0.3, 0.4) is 0 Å². The second-order valence-electron chi connectivity index (χ2n) is 14.2. The fourth-order valence-corrected chi connectivity index (χ4v) is 9.23. The predicted octanol–water partition coefficient (Wildman–Crippen LogP) is 4.70. The van der Waals surface area contributed by atoms with E-state index in [4.69, 9.17) is 5.21 Å². The van der Waals surface area contributed by atoms with Gasteiger partial charge < -0.3 is 16.0 Å². The number of urea groups is 1. The summed E-state index contributed by atoms with van der Waals surface area (Å²) in [7, 11) is 0. The maximum Gasteiger partial charge on any atom is 0.319 e. The Kier molecular flexibility index (Phi) is 8.62. The third kappa shape index (κ3) is 7.20. The highest BCUT2D eigenvalue weighted by Gasteiger charge is 2.60. The van der Waals surface area contributed by atoms with Gasteiger partial charge in [-0.15, -0.1) is 0 Å². The number of benzene rings is 1. The zero-order valence-electron chi connectivity index (χ0n) is 24.5. The van der Waals surface area contributed by atoms with Crippen LogP contribution in [0, 0.1) is 28.5 Å². The Labute approximate surface area is 242 Å². The van der Waals surface area contributed by atoms with Crippen molar-refractivity contribution in [3.05, 3.63) is 29.6 Å². The molecule has 5 fully saturated rings. The lowest BCUT2D eigenvalue weighted by molar-refractivity contribution is -0.129. The summed E-state index contributed by atoms with van der Waals surface area (Å²) in [6.45, 7) is 7.19. The van der Waals surface area contributed by atoms with Crippen molar-refractivity contribution < 1.29 is 24.0 Å². The van der Waals surface area contributed by atoms with Crippen LogP contribution in [0.15, 0.2) is 18.2 Å². The molecule has 4 aliphatic carbocycles. The minimum atomic E-state index is -0.455. The van der Waals surface area contributed by atoms with Crippen LogP contribution in [0.1, 0.15) is 90.0 Å². The monoisotopic (exact) mass is 571 g/mol. The number of nitrogens with one attached hydrogen (secondary N) is 4. The first-order valence-corrected chi connectivity index (χ1v) is 15.3. The first-order chi connectivity index (χ1) is 19.5. The van der Waals surface area contributed by atoms with Crippen LogP contribution in [0.4, 0.5) is 14.9 Å². The highest BCUT2D eigenvalue weighted by atomic mass is 19.1. The minimum absolute atomic E-state index is 0.0000566. The van der Waals surface area contributed by atoms with Crippen LogP contribution in [0.25, 0.3) is 0 Å². The SMILES string of the molecule is C[C@]12CC3CC(NC(=O)Nc4ccc(CN5CCC[C@H](C(=O)NCCCCC(=O)NO)C5)cc4F)(C1)C[C@@](C)(C3)C2. The standard InChI is InChI=1S/C31H46FN5O4/c1-29-13-22-14-30(2,18-29)20-31(15-22,19-29)35-28(40)34-25-9-8-21(12-24(25)32)16-37-11-5-6-23(17-37)27(39)33-10-4-3-7-26(38)36-41/h8-9,12,22-23,41H,3-7,10-11,13-20H2,1-2H3,(H,33,39)(H,36,38)(H2,34,35,40)/t22?,23-,29-,30+,31?/m0/s1. The lowest BCUT2D eigenvalue weighted by Gasteiger charge is -2.65. The average molecular weight is 572 g/mol. The first-order valence-electron chi connectivity index (χ1n) is 15.3. The van der Waals surface area contributed by atoms with E-state index in [2.05, 4.69) is 34.7 Å². The van der Waals surface area contributed by atoms with Crippen molar-refractivity contribution in [3.63, 3.8) is 0 Å². The molecule has 9 nitrogen and oxygen atoms in total. The van der Waals surface area contributed by atoms with Gasteiger partial charge in [-0.05, 0) is 105 Å². The lowest BCUT2D eigenvalue weighted by atomic mass is 9.43. The zero-order chi connectivity index (χ0) is 29.3. The molecule has 41 heavy (non-hydrogen) atoms. The van der Waals surface area contributed by atoms with Crippen LogP contribution in [0.2, 0.25) is 0 Å². The molecule has 0 spiro atoms. The molecule has 226 valence electrons. The van der Waals surface area contributed by atoms with E-state index < -0.39 is 11.7 Å². The smallest absolute Gasteiger partial charge is 0.319 e. The third-order valence-electron chi connectivity index (χ3n) is 9.82. The van der Waals surface area contributed by atoms with E-state index >= 15 is 4.39 Å². The molecule has 1 aromatic rings. The van der Waals surface area contributed by atoms with E-state index in [1.807, 2.05) is 6.07 Å². The summed E-state index contributed by atoms with van der Waals surface area (Å²) >= 11 is 0. The number of carbonyl (C=O) groups is 3. The molecule has 6 rings (SSSR count). The van der Waals surface area contributed by atoms with E-state index in [0.717, 1.165) is 44.2 Å². The molecule has 4 amide bonds. The van der Waals surface area contributed by atoms with Crippen molar-refractivity contribution in [3.8, 4) is 0 Å². The molecule has 0 aromatic heterocycles. The number of rotatable bonds is 10. The summed E-state index contributed by atoms with van der Waals surface area (Å²) in [5.41, 5.74) is 2.95. The number of hydroxylamine groups is 1. The fraction of sp³-hybridized carbons (Fsp3) is 0.710. The Morgan fingerprint density at radius 3 is 2.51 bits per heavy atom. The molecule has 10 heteroatoms. The second-order valence-corrected chi connectivity index (χ2v) is 14.2.